The van der Waals surface area contributed by atoms with E-state index in [2.05, 4.69) is 39.1 Å². The number of hydrogen-bond acceptors (Lipinski definition) is 12. The van der Waals surface area contributed by atoms with Crippen molar-refractivity contribution < 1.29 is 54.3 Å². The third kappa shape index (κ3) is 5.84. The highest BCUT2D eigenvalue weighted by Gasteiger charge is 2.68. The van der Waals surface area contributed by atoms with Crippen molar-refractivity contribution in [2.24, 2.45) is 46.3 Å². The lowest BCUT2D eigenvalue weighted by Gasteiger charge is -2.59. The van der Waals surface area contributed by atoms with Crippen LogP contribution in [-0.2, 0) is 23.7 Å². The van der Waals surface area contributed by atoms with Crippen molar-refractivity contribution in [3.8, 4) is 0 Å². The maximum atomic E-state index is 11.4. The van der Waals surface area contributed by atoms with E-state index < -0.39 is 68.0 Å². The number of fused-ring (bicyclic) bond motifs is 7. The average Bonchev–Trinajstić information content (AvgIpc) is 3.56. The fourth-order valence-corrected chi connectivity index (χ4v) is 12.7. The quantitative estimate of drug-likeness (QED) is 0.206. The van der Waals surface area contributed by atoms with Crippen molar-refractivity contribution in [3.05, 3.63) is 11.6 Å². The predicted octanol–water partition coefficient (Wildman–Crippen LogP) is 1.96. The molecule has 7 N–H and O–H groups in total. The molecular formula is C39H63NO11. The van der Waals surface area contributed by atoms with E-state index in [1.165, 1.54) is 31.3 Å². The molecule has 4 heterocycles. The summed E-state index contributed by atoms with van der Waals surface area (Å²) in [5.41, 5.74) is 1.69. The molecular weight excluding hydrogens is 658 g/mol. The SMILES string of the molecule is C[C@H]1CC[C@]2(NC1)O[C@@H]1C[C@@H]3[C@H]4CC=C5C[C@H](O[C@H]6O[C@H](C)[C@@H](O)[C@H](O[C@H]7O[C@@H](CO)[C@H](O)[C@@H](O)[C@@H]7O)[C@@H]6O)CC[C@@]5(C)[C@@H]4CC[C@@]3(C)[C@@H]1[C@H]2C. The number of rotatable bonds is 5. The highest BCUT2D eigenvalue weighted by molar-refractivity contribution is 5.26. The highest BCUT2D eigenvalue weighted by atomic mass is 16.7. The van der Waals surface area contributed by atoms with Crippen LogP contribution in [0.2, 0.25) is 0 Å². The smallest absolute Gasteiger partial charge is 0.187 e. The lowest BCUT2D eigenvalue weighted by atomic mass is 9.47. The van der Waals surface area contributed by atoms with Gasteiger partial charge in [-0.05, 0) is 105 Å². The van der Waals surface area contributed by atoms with Gasteiger partial charge in [0.15, 0.2) is 12.6 Å². The maximum absolute atomic E-state index is 11.4. The summed E-state index contributed by atoms with van der Waals surface area (Å²) in [5.74, 6) is 3.76. The van der Waals surface area contributed by atoms with Gasteiger partial charge < -0.3 is 54.3 Å². The van der Waals surface area contributed by atoms with Crippen LogP contribution in [0.1, 0.15) is 92.4 Å². The fraction of sp³-hybridized carbons (Fsp3) is 0.949. The largest absolute Gasteiger partial charge is 0.394 e. The van der Waals surface area contributed by atoms with Crippen molar-refractivity contribution in [3.63, 3.8) is 0 Å². The molecule has 4 aliphatic carbocycles. The Bertz CT molecular complexity index is 1310. The number of nitrogens with one attached hydrogen (secondary N) is 1. The van der Waals surface area contributed by atoms with Gasteiger partial charge in [0.05, 0.1) is 24.9 Å². The van der Waals surface area contributed by atoms with Gasteiger partial charge in [0.25, 0.3) is 0 Å². The molecule has 21 atom stereocenters. The molecule has 0 aromatic heterocycles. The summed E-state index contributed by atoms with van der Waals surface area (Å²) in [6.07, 6.45) is -1.05. The Hall–Kier alpha value is -0.740. The van der Waals surface area contributed by atoms with Crippen LogP contribution in [0, 0.1) is 46.3 Å². The van der Waals surface area contributed by atoms with Gasteiger partial charge in [0.1, 0.15) is 48.5 Å². The Labute approximate surface area is 302 Å². The minimum Gasteiger partial charge on any atom is -0.394 e. The monoisotopic (exact) mass is 721 g/mol. The van der Waals surface area contributed by atoms with Crippen LogP contribution >= 0.6 is 0 Å². The fourth-order valence-electron chi connectivity index (χ4n) is 12.7. The number of piperidine rings is 1. The van der Waals surface area contributed by atoms with Gasteiger partial charge in [-0.1, -0.05) is 39.3 Å². The molecule has 0 aromatic rings. The number of aliphatic hydroxyl groups excluding tert-OH is 6. The Morgan fingerprint density at radius 3 is 2.33 bits per heavy atom. The third-order valence-corrected chi connectivity index (χ3v) is 15.8. The number of ether oxygens (including phenoxy) is 5. The molecule has 1 spiro atoms. The second-order valence-electron chi connectivity index (χ2n) is 18.4. The van der Waals surface area contributed by atoms with Gasteiger partial charge in [0.2, 0.25) is 0 Å². The molecule has 0 radical (unpaired) electrons. The van der Waals surface area contributed by atoms with Crippen LogP contribution < -0.4 is 5.32 Å². The lowest BCUT2D eigenvalue weighted by molar-refractivity contribution is -0.361. The molecule has 12 heteroatoms. The van der Waals surface area contributed by atoms with Crippen LogP contribution in [0.3, 0.4) is 0 Å². The van der Waals surface area contributed by atoms with E-state index in [4.69, 9.17) is 23.7 Å². The van der Waals surface area contributed by atoms with E-state index >= 15 is 0 Å². The van der Waals surface area contributed by atoms with Gasteiger partial charge in [-0.2, -0.15) is 0 Å². The van der Waals surface area contributed by atoms with E-state index in [9.17, 15) is 30.6 Å². The van der Waals surface area contributed by atoms with Crippen molar-refractivity contribution in [1.29, 1.82) is 0 Å². The Kier molecular flexibility index (Phi) is 9.83. The molecule has 4 aliphatic heterocycles. The predicted molar refractivity (Wildman–Crippen MR) is 184 cm³/mol. The Morgan fingerprint density at radius 1 is 0.843 bits per heavy atom. The van der Waals surface area contributed by atoms with Crippen molar-refractivity contribution in [1.82, 2.24) is 5.32 Å². The van der Waals surface area contributed by atoms with Crippen LogP contribution in [0.25, 0.3) is 0 Å². The molecule has 51 heavy (non-hydrogen) atoms. The molecule has 8 rings (SSSR count). The van der Waals surface area contributed by atoms with Crippen molar-refractivity contribution >= 4 is 0 Å². The van der Waals surface area contributed by atoms with Crippen LogP contribution in [0.4, 0.5) is 0 Å². The molecule has 7 fully saturated rings. The van der Waals surface area contributed by atoms with E-state index in [-0.39, 0.29) is 17.2 Å². The van der Waals surface area contributed by atoms with Crippen LogP contribution in [0.5, 0.6) is 0 Å². The topological polar surface area (TPSA) is 180 Å². The minimum atomic E-state index is -1.66. The van der Waals surface area contributed by atoms with E-state index in [1.807, 2.05) is 0 Å². The lowest BCUT2D eigenvalue weighted by Crippen LogP contribution is -2.64. The first-order valence-electron chi connectivity index (χ1n) is 20.0. The number of aliphatic hydroxyl groups is 6. The molecule has 0 bridgehead atoms. The summed E-state index contributed by atoms with van der Waals surface area (Å²) in [6, 6.07) is 0. The molecule has 0 amide bonds. The van der Waals surface area contributed by atoms with Gasteiger partial charge in [-0.25, -0.2) is 0 Å². The van der Waals surface area contributed by atoms with Crippen molar-refractivity contribution in [2.45, 2.75) is 172 Å². The number of allylic oxidation sites excluding steroid dienone is 1. The second-order valence-corrected chi connectivity index (χ2v) is 18.4. The van der Waals surface area contributed by atoms with Crippen LogP contribution in [-0.4, -0.2) is 123 Å². The second kappa shape index (κ2) is 13.5. The van der Waals surface area contributed by atoms with Crippen molar-refractivity contribution in [2.75, 3.05) is 13.2 Å². The zero-order chi connectivity index (χ0) is 36.2. The van der Waals surface area contributed by atoms with E-state index in [0.29, 0.717) is 47.0 Å². The zero-order valence-electron chi connectivity index (χ0n) is 31.0. The van der Waals surface area contributed by atoms with E-state index in [0.717, 1.165) is 38.6 Å². The van der Waals surface area contributed by atoms with Gasteiger partial charge >= 0.3 is 0 Å². The molecule has 4 saturated heterocycles. The first-order valence-corrected chi connectivity index (χ1v) is 20.0. The van der Waals surface area contributed by atoms with E-state index in [1.54, 1.807) is 6.92 Å². The maximum Gasteiger partial charge on any atom is 0.187 e. The first-order chi connectivity index (χ1) is 24.2. The zero-order valence-corrected chi connectivity index (χ0v) is 31.0. The molecule has 8 aliphatic rings. The Balaban J connectivity index is 0.929. The molecule has 3 saturated carbocycles. The molecule has 12 nitrogen and oxygen atoms in total. The first kappa shape index (κ1) is 37.2. The Morgan fingerprint density at radius 2 is 1.61 bits per heavy atom. The summed E-state index contributed by atoms with van der Waals surface area (Å²) >= 11 is 0. The summed E-state index contributed by atoms with van der Waals surface area (Å²) in [6.45, 7) is 12.0. The summed E-state index contributed by atoms with van der Waals surface area (Å²) in [4.78, 5) is 0. The standard InChI is InChI=1S/C39H63NO11/c1-18-8-13-39(40-16-18)19(2)28-26(51-39)15-25-23-7-6-21-14-22(9-11-37(21,4)24(23)10-12-38(25,28)5)48-36-33(46)34(29(42)20(3)47-36)50-35-32(45)31(44)30(43)27(17-41)49-35/h6,18-20,22-36,40-46H,7-17H2,1-5H3/t18-,19+,20+,22+,23-,24+,25+,26+,27-,28+,29+,30-,31+,32-,33-,34-,35+,36+,37+,38+,39-/m0/s1. The summed E-state index contributed by atoms with van der Waals surface area (Å²) in [7, 11) is 0. The number of hydrogen-bond donors (Lipinski definition) is 7. The minimum absolute atomic E-state index is 0.0981. The third-order valence-electron chi connectivity index (χ3n) is 15.8. The molecule has 0 unspecified atom stereocenters. The van der Waals surface area contributed by atoms with Gasteiger partial charge in [-0.3, -0.25) is 5.32 Å². The van der Waals surface area contributed by atoms with Gasteiger partial charge in [-0.15, -0.1) is 0 Å². The molecule has 0 aromatic carbocycles. The summed E-state index contributed by atoms with van der Waals surface area (Å²) in [5, 5.41) is 66.7. The summed E-state index contributed by atoms with van der Waals surface area (Å²) < 4.78 is 30.9. The normalized spacial score (nSPS) is 58.4. The van der Waals surface area contributed by atoms with Crippen LogP contribution in [0.15, 0.2) is 11.6 Å². The average molecular weight is 722 g/mol. The highest BCUT2D eigenvalue weighted by Crippen LogP contribution is 2.70. The van der Waals surface area contributed by atoms with Gasteiger partial charge in [0, 0.05) is 12.5 Å². The molecule has 290 valence electrons.